The molecule has 0 radical (unpaired) electrons. The fourth-order valence-electron chi connectivity index (χ4n) is 1.04. The molecule has 0 fully saturated rings. The Balaban J connectivity index is 2.36. The molecule has 0 spiro atoms. The van der Waals surface area contributed by atoms with Gasteiger partial charge < -0.3 is 0 Å². The first-order chi connectivity index (χ1) is 6.58. The van der Waals surface area contributed by atoms with Crippen LogP contribution in [0.3, 0.4) is 0 Å². The van der Waals surface area contributed by atoms with Crippen LogP contribution in [0, 0.1) is 10.1 Å². The fraction of sp³-hybridized carbons (Fsp3) is 0.167. The van der Waals surface area contributed by atoms with Crippen molar-refractivity contribution in [3.05, 3.63) is 21.3 Å². The van der Waals surface area contributed by atoms with Crippen LogP contribution in [-0.4, -0.2) is 26.8 Å². The molecule has 0 saturated heterocycles. The summed E-state index contributed by atoms with van der Waals surface area (Å²) in [5.74, 6) is -1.05. The van der Waals surface area contributed by atoms with E-state index in [2.05, 4.69) is 4.99 Å². The standard InChI is InChI=1S/C6H3N3O4S/c10-3-1-4(11)8-2-5(9(12)13)14-6(8)7-3/h2H,1H2. The zero-order valence-electron chi connectivity index (χ0n) is 6.67. The lowest BCUT2D eigenvalue weighted by Crippen LogP contribution is -2.33. The monoisotopic (exact) mass is 213 g/mol. The first-order valence-corrected chi connectivity index (χ1v) is 4.37. The van der Waals surface area contributed by atoms with Crippen molar-refractivity contribution in [3.8, 4) is 0 Å². The van der Waals surface area contributed by atoms with E-state index in [1.165, 1.54) is 0 Å². The Kier molecular flexibility index (Phi) is 1.84. The van der Waals surface area contributed by atoms with Crippen molar-refractivity contribution in [1.29, 1.82) is 0 Å². The van der Waals surface area contributed by atoms with Crippen LogP contribution in [-0.2, 0) is 9.59 Å². The molecule has 0 unspecified atom stereocenters. The van der Waals surface area contributed by atoms with Gasteiger partial charge in [-0.05, 0) is 0 Å². The number of hydrogen-bond acceptors (Lipinski definition) is 5. The highest BCUT2D eigenvalue weighted by molar-refractivity contribution is 8.17. The third kappa shape index (κ3) is 1.29. The van der Waals surface area contributed by atoms with Crippen molar-refractivity contribution in [3.63, 3.8) is 0 Å². The van der Waals surface area contributed by atoms with Crippen LogP contribution in [0.5, 0.6) is 0 Å². The van der Waals surface area contributed by atoms with E-state index in [1.54, 1.807) is 0 Å². The second kappa shape index (κ2) is 2.91. The van der Waals surface area contributed by atoms with Crippen LogP contribution in [0.4, 0.5) is 0 Å². The first-order valence-electron chi connectivity index (χ1n) is 3.55. The zero-order valence-corrected chi connectivity index (χ0v) is 7.48. The molecule has 2 heterocycles. The molecule has 0 aliphatic carbocycles. The predicted octanol–water partition coefficient (Wildman–Crippen LogP) is -0.0763. The van der Waals surface area contributed by atoms with Crippen LogP contribution in [0.1, 0.15) is 6.42 Å². The Hall–Kier alpha value is -1.70. The normalized spacial score (nSPS) is 20.4. The number of carbonyl (C=O) groups is 2. The number of aliphatic imine (C=N–C) groups is 1. The second-order valence-electron chi connectivity index (χ2n) is 2.56. The number of nitrogens with zero attached hydrogens (tertiary/aromatic N) is 3. The highest BCUT2D eigenvalue weighted by atomic mass is 32.2. The second-order valence-corrected chi connectivity index (χ2v) is 3.54. The molecule has 7 nitrogen and oxygen atoms in total. The molecule has 2 aliphatic rings. The van der Waals surface area contributed by atoms with Crippen LogP contribution in [0.25, 0.3) is 0 Å². The molecule has 0 bridgehead atoms. The third-order valence-corrected chi connectivity index (χ3v) is 2.55. The minimum Gasteiger partial charge on any atom is -0.273 e. The third-order valence-electron chi connectivity index (χ3n) is 1.61. The summed E-state index contributed by atoms with van der Waals surface area (Å²) < 4.78 is 0. The molecule has 0 atom stereocenters. The molecule has 0 N–H and O–H groups in total. The van der Waals surface area contributed by atoms with E-state index in [0.29, 0.717) is 11.8 Å². The van der Waals surface area contributed by atoms with Crippen molar-refractivity contribution < 1.29 is 14.5 Å². The van der Waals surface area contributed by atoms with Gasteiger partial charge in [0.1, 0.15) is 6.42 Å². The number of rotatable bonds is 1. The van der Waals surface area contributed by atoms with Gasteiger partial charge in [0.05, 0.1) is 11.1 Å². The maximum absolute atomic E-state index is 11.2. The van der Waals surface area contributed by atoms with Gasteiger partial charge in [0.25, 0.3) is 5.91 Å². The van der Waals surface area contributed by atoms with E-state index in [1.807, 2.05) is 0 Å². The molecule has 2 rings (SSSR count). The summed E-state index contributed by atoms with van der Waals surface area (Å²) in [6.45, 7) is 0. The van der Waals surface area contributed by atoms with Crippen molar-refractivity contribution in [1.82, 2.24) is 4.90 Å². The molecule has 0 aromatic rings. The first kappa shape index (κ1) is 8.88. The van der Waals surface area contributed by atoms with Gasteiger partial charge >= 0.3 is 5.03 Å². The molecule has 0 aromatic carbocycles. The van der Waals surface area contributed by atoms with Gasteiger partial charge in [-0.25, -0.2) is 0 Å². The maximum Gasteiger partial charge on any atom is 0.327 e. The Morgan fingerprint density at radius 3 is 2.93 bits per heavy atom. The molecule has 0 aromatic heterocycles. The van der Waals surface area contributed by atoms with E-state index < -0.39 is 16.7 Å². The smallest absolute Gasteiger partial charge is 0.273 e. The fourth-order valence-corrected chi connectivity index (χ4v) is 1.86. The average molecular weight is 213 g/mol. The minimum absolute atomic E-state index is 0.0675. The molecule has 0 saturated carbocycles. The quantitative estimate of drug-likeness (QED) is 0.345. The summed E-state index contributed by atoms with van der Waals surface area (Å²) in [7, 11) is 0. The molecule has 72 valence electrons. The molecular formula is C6H3N3O4S. The number of fused-ring (bicyclic) bond motifs is 1. The summed E-state index contributed by atoms with van der Waals surface area (Å²) in [4.78, 5) is 36.3. The number of hydrogen-bond donors (Lipinski definition) is 0. The van der Waals surface area contributed by atoms with Crippen molar-refractivity contribution in [2.45, 2.75) is 6.42 Å². The number of nitro groups is 1. The Morgan fingerprint density at radius 1 is 1.57 bits per heavy atom. The van der Waals surface area contributed by atoms with Gasteiger partial charge in [0.15, 0.2) is 5.17 Å². The van der Waals surface area contributed by atoms with E-state index in [-0.39, 0.29) is 16.6 Å². The summed E-state index contributed by atoms with van der Waals surface area (Å²) in [5.41, 5.74) is 0. The summed E-state index contributed by atoms with van der Waals surface area (Å²) in [6.07, 6.45) is 0.754. The SMILES string of the molecule is O=C1CC(=O)N2C=C([N+](=O)[O-])SC2=N1. The van der Waals surface area contributed by atoms with E-state index in [4.69, 9.17) is 0 Å². The molecule has 14 heavy (non-hydrogen) atoms. The van der Waals surface area contributed by atoms with Crippen molar-refractivity contribution >= 4 is 28.7 Å². The number of amidine groups is 1. The van der Waals surface area contributed by atoms with E-state index in [0.717, 1.165) is 11.1 Å². The van der Waals surface area contributed by atoms with Gasteiger partial charge in [-0.2, -0.15) is 4.99 Å². The number of amides is 2. The minimum atomic E-state index is -0.622. The Bertz CT molecular complexity index is 413. The largest absolute Gasteiger partial charge is 0.327 e. The van der Waals surface area contributed by atoms with Crippen LogP contribution >= 0.6 is 11.8 Å². The van der Waals surface area contributed by atoms with Crippen molar-refractivity contribution in [2.24, 2.45) is 4.99 Å². The molecule has 2 amide bonds. The number of thioether (sulfide) groups is 1. The lowest BCUT2D eigenvalue weighted by molar-refractivity contribution is -0.410. The Morgan fingerprint density at radius 2 is 2.29 bits per heavy atom. The van der Waals surface area contributed by atoms with E-state index in [9.17, 15) is 19.7 Å². The van der Waals surface area contributed by atoms with Crippen LogP contribution < -0.4 is 0 Å². The molecular weight excluding hydrogens is 210 g/mol. The van der Waals surface area contributed by atoms with Gasteiger partial charge in [-0.3, -0.25) is 24.6 Å². The summed E-state index contributed by atoms with van der Waals surface area (Å²) in [5, 5.41) is 10.2. The lowest BCUT2D eigenvalue weighted by atomic mass is 10.3. The molecule has 8 heteroatoms. The average Bonchev–Trinajstić information content (AvgIpc) is 2.47. The van der Waals surface area contributed by atoms with Gasteiger partial charge in [0, 0.05) is 11.8 Å². The van der Waals surface area contributed by atoms with Gasteiger partial charge in [-0.1, -0.05) is 0 Å². The predicted molar refractivity (Wildman–Crippen MR) is 46.6 cm³/mol. The maximum atomic E-state index is 11.2. The van der Waals surface area contributed by atoms with Crippen LogP contribution in [0.15, 0.2) is 16.2 Å². The summed E-state index contributed by atoms with van der Waals surface area (Å²) in [6, 6.07) is 0. The topological polar surface area (TPSA) is 92.9 Å². The molecule has 2 aliphatic heterocycles. The Labute approximate surface area is 81.6 Å². The zero-order chi connectivity index (χ0) is 10.3. The van der Waals surface area contributed by atoms with Crippen molar-refractivity contribution in [2.75, 3.05) is 0 Å². The summed E-state index contributed by atoms with van der Waals surface area (Å²) >= 11 is 0.706. The highest BCUT2D eigenvalue weighted by Gasteiger charge is 2.37. The van der Waals surface area contributed by atoms with Gasteiger partial charge in [-0.15, -0.1) is 0 Å². The highest BCUT2D eigenvalue weighted by Crippen LogP contribution is 2.31. The number of carbonyl (C=O) groups excluding carboxylic acids is 2. The van der Waals surface area contributed by atoms with Crippen LogP contribution in [0.2, 0.25) is 0 Å². The van der Waals surface area contributed by atoms with E-state index >= 15 is 0 Å². The van der Waals surface area contributed by atoms with Gasteiger partial charge in [0.2, 0.25) is 5.91 Å². The lowest BCUT2D eigenvalue weighted by Gasteiger charge is -2.15.